The van der Waals surface area contributed by atoms with E-state index in [0.29, 0.717) is 6.54 Å². The highest BCUT2D eigenvalue weighted by molar-refractivity contribution is 5.61. The summed E-state index contributed by atoms with van der Waals surface area (Å²) in [5, 5.41) is 0. The van der Waals surface area contributed by atoms with Crippen LogP contribution in [0.2, 0.25) is 0 Å². The van der Waals surface area contributed by atoms with E-state index in [0.717, 1.165) is 36.5 Å². The lowest BCUT2D eigenvalue weighted by atomic mass is 10.1. The molecule has 0 aliphatic carbocycles. The minimum Gasteiger partial charge on any atom is -0.327 e. The van der Waals surface area contributed by atoms with Crippen LogP contribution in [0.3, 0.4) is 0 Å². The van der Waals surface area contributed by atoms with Gasteiger partial charge in [0.25, 0.3) is 0 Å². The number of hydrogen-bond acceptors (Lipinski definition) is 3. The average molecular weight is 283 g/mol. The minimum atomic E-state index is 0.553. The Kier molecular flexibility index (Phi) is 5.34. The molecular formula is C18H25N3. The Balaban J connectivity index is 2.43. The third-order valence-corrected chi connectivity index (χ3v) is 3.57. The standard InChI is InChI=1S/C18H25N3/c1-4-7-16-11-15(13-19)12-18(20-16)21(5-2)17-9-6-8-14(3)10-17/h6,8-12H,4-5,7,13,19H2,1-3H3. The monoisotopic (exact) mass is 283 g/mol. The van der Waals surface area contributed by atoms with E-state index in [1.54, 1.807) is 0 Å². The highest BCUT2D eigenvalue weighted by Crippen LogP contribution is 2.25. The highest BCUT2D eigenvalue weighted by atomic mass is 15.2. The lowest BCUT2D eigenvalue weighted by Gasteiger charge is -2.24. The molecule has 3 heteroatoms. The second-order valence-corrected chi connectivity index (χ2v) is 5.36. The van der Waals surface area contributed by atoms with Crippen molar-refractivity contribution in [2.45, 2.75) is 40.2 Å². The Morgan fingerprint density at radius 2 is 1.95 bits per heavy atom. The average Bonchev–Trinajstić information content (AvgIpc) is 2.48. The zero-order valence-electron chi connectivity index (χ0n) is 13.3. The maximum Gasteiger partial charge on any atom is 0.133 e. The molecule has 112 valence electrons. The van der Waals surface area contributed by atoms with E-state index < -0.39 is 0 Å². The number of benzene rings is 1. The van der Waals surface area contributed by atoms with Gasteiger partial charge in [-0.1, -0.05) is 25.5 Å². The first-order valence-electron chi connectivity index (χ1n) is 7.72. The molecule has 0 bridgehead atoms. The van der Waals surface area contributed by atoms with E-state index in [1.807, 2.05) is 0 Å². The van der Waals surface area contributed by atoms with Gasteiger partial charge in [-0.25, -0.2) is 4.98 Å². The third kappa shape index (κ3) is 3.82. The van der Waals surface area contributed by atoms with Gasteiger partial charge in [-0.05, 0) is 55.7 Å². The fraction of sp³-hybridized carbons (Fsp3) is 0.389. The van der Waals surface area contributed by atoms with E-state index in [1.165, 1.54) is 11.3 Å². The van der Waals surface area contributed by atoms with Gasteiger partial charge < -0.3 is 10.6 Å². The number of nitrogens with two attached hydrogens (primary N) is 1. The van der Waals surface area contributed by atoms with Crippen LogP contribution in [0.1, 0.15) is 37.1 Å². The predicted octanol–water partition coefficient (Wildman–Crippen LogP) is 3.96. The van der Waals surface area contributed by atoms with Crippen LogP contribution in [0.15, 0.2) is 36.4 Å². The Morgan fingerprint density at radius 1 is 1.14 bits per heavy atom. The molecule has 0 aliphatic rings. The normalized spacial score (nSPS) is 10.7. The zero-order valence-corrected chi connectivity index (χ0v) is 13.3. The van der Waals surface area contributed by atoms with Gasteiger partial charge >= 0.3 is 0 Å². The van der Waals surface area contributed by atoms with Crippen LogP contribution in [-0.2, 0) is 13.0 Å². The molecule has 3 nitrogen and oxygen atoms in total. The molecule has 0 aliphatic heterocycles. The van der Waals surface area contributed by atoms with Crippen molar-refractivity contribution in [3.63, 3.8) is 0 Å². The van der Waals surface area contributed by atoms with Gasteiger partial charge in [0.1, 0.15) is 5.82 Å². The van der Waals surface area contributed by atoms with Crippen molar-refractivity contribution in [3.8, 4) is 0 Å². The van der Waals surface area contributed by atoms with Gasteiger partial charge in [-0.2, -0.15) is 0 Å². The Labute approximate surface area is 127 Å². The van der Waals surface area contributed by atoms with Crippen LogP contribution in [0.4, 0.5) is 11.5 Å². The Morgan fingerprint density at radius 3 is 2.57 bits per heavy atom. The summed E-state index contributed by atoms with van der Waals surface area (Å²) in [7, 11) is 0. The van der Waals surface area contributed by atoms with Crippen molar-refractivity contribution in [2.24, 2.45) is 5.73 Å². The molecule has 1 aromatic heterocycles. The van der Waals surface area contributed by atoms with E-state index in [4.69, 9.17) is 10.7 Å². The molecule has 2 aromatic rings. The lowest BCUT2D eigenvalue weighted by Crippen LogP contribution is -2.18. The second kappa shape index (κ2) is 7.23. The van der Waals surface area contributed by atoms with E-state index in [9.17, 15) is 0 Å². The summed E-state index contributed by atoms with van der Waals surface area (Å²) in [6, 6.07) is 12.8. The smallest absolute Gasteiger partial charge is 0.133 e. The number of aromatic nitrogens is 1. The molecule has 0 atom stereocenters. The van der Waals surface area contributed by atoms with Crippen molar-refractivity contribution in [1.29, 1.82) is 0 Å². The molecule has 0 unspecified atom stereocenters. The number of anilines is 2. The first-order valence-corrected chi connectivity index (χ1v) is 7.72. The lowest BCUT2D eigenvalue weighted by molar-refractivity contribution is 0.862. The fourth-order valence-electron chi connectivity index (χ4n) is 2.55. The molecule has 0 fully saturated rings. The highest BCUT2D eigenvalue weighted by Gasteiger charge is 2.11. The van der Waals surface area contributed by atoms with Crippen molar-refractivity contribution in [3.05, 3.63) is 53.2 Å². The first kappa shape index (κ1) is 15.5. The summed E-state index contributed by atoms with van der Waals surface area (Å²) >= 11 is 0. The molecule has 0 amide bonds. The molecule has 1 aromatic carbocycles. The molecule has 1 heterocycles. The summed E-state index contributed by atoms with van der Waals surface area (Å²) in [5.74, 6) is 0.995. The predicted molar refractivity (Wildman–Crippen MR) is 90.0 cm³/mol. The molecule has 21 heavy (non-hydrogen) atoms. The fourth-order valence-corrected chi connectivity index (χ4v) is 2.55. The maximum absolute atomic E-state index is 5.84. The Bertz CT molecular complexity index is 593. The molecule has 0 saturated heterocycles. The van der Waals surface area contributed by atoms with Crippen molar-refractivity contribution >= 4 is 11.5 Å². The van der Waals surface area contributed by atoms with Gasteiger partial charge in [0.05, 0.1) is 0 Å². The van der Waals surface area contributed by atoms with Crippen LogP contribution in [-0.4, -0.2) is 11.5 Å². The van der Waals surface area contributed by atoms with E-state index >= 15 is 0 Å². The topological polar surface area (TPSA) is 42.1 Å². The summed E-state index contributed by atoms with van der Waals surface area (Å²) < 4.78 is 0. The molecule has 2 N–H and O–H groups in total. The molecular weight excluding hydrogens is 258 g/mol. The number of nitrogens with zero attached hydrogens (tertiary/aromatic N) is 2. The summed E-state index contributed by atoms with van der Waals surface area (Å²) in [6.07, 6.45) is 2.09. The van der Waals surface area contributed by atoms with E-state index in [-0.39, 0.29) is 0 Å². The van der Waals surface area contributed by atoms with Crippen molar-refractivity contribution in [2.75, 3.05) is 11.4 Å². The van der Waals surface area contributed by atoms with Gasteiger partial charge in [0, 0.05) is 24.5 Å². The van der Waals surface area contributed by atoms with Crippen molar-refractivity contribution in [1.82, 2.24) is 4.98 Å². The van der Waals surface area contributed by atoms with Crippen LogP contribution in [0.5, 0.6) is 0 Å². The summed E-state index contributed by atoms with van der Waals surface area (Å²) in [5.41, 5.74) is 10.6. The number of hydrogen-bond donors (Lipinski definition) is 1. The van der Waals surface area contributed by atoms with Gasteiger partial charge in [0.2, 0.25) is 0 Å². The molecule has 0 saturated carbocycles. The van der Waals surface area contributed by atoms with Crippen LogP contribution >= 0.6 is 0 Å². The van der Waals surface area contributed by atoms with Crippen molar-refractivity contribution < 1.29 is 0 Å². The number of pyridine rings is 1. The van der Waals surface area contributed by atoms with Gasteiger partial charge in [-0.15, -0.1) is 0 Å². The summed E-state index contributed by atoms with van der Waals surface area (Å²) in [4.78, 5) is 7.06. The number of rotatable bonds is 6. The minimum absolute atomic E-state index is 0.553. The Hall–Kier alpha value is -1.87. The van der Waals surface area contributed by atoms with Crippen LogP contribution in [0.25, 0.3) is 0 Å². The largest absolute Gasteiger partial charge is 0.327 e. The quantitative estimate of drug-likeness (QED) is 0.872. The van der Waals surface area contributed by atoms with Gasteiger partial charge in [-0.3, -0.25) is 0 Å². The SMILES string of the molecule is CCCc1cc(CN)cc(N(CC)c2cccc(C)c2)n1. The summed E-state index contributed by atoms with van der Waals surface area (Å²) in [6.45, 7) is 7.88. The maximum atomic E-state index is 5.84. The molecule has 0 radical (unpaired) electrons. The zero-order chi connectivity index (χ0) is 15.2. The van der Waals surface area contributed by atoms with Gasteiger partial charge in [0.15, 0.2) is 0 Å². The molecule has 0 spiro atoms. The van der Waals surface area contributed by atoms with Crippen LogP contribution in [0, 0.1) is 6.92 Å². The first-order chi connectivity index (χ1) is 10.2. The van der Waals surface area contributed by atoms with E-state index in [2.05, 4.69) is 62.1 Å². The third-order valence-electron chi connectivity index (χ3n) is 3.57. The number of aryl methyl sites for hydroxylation is 2. The molecule has 2 rings (SSSR count). The second-order valence-electron chi connectivity index (χ2n) is 5.36. The van der Waals surface area contributed by atoms with Crippen LogP contribution < -0.4 is 10.6 Å².